The Morgan fingerprint density at radius 2 is 1.45 bits per heavy atom. The van der Waals surface area contributed by atoms with Crippen molar-refractivity contribution in [3.63, 3.8) is 0 Å². The van der Waals surface area contributed by atoms with Gasteiger partial charge in [0.15, 0.2) is 6.10 Å². The first-order chi connectivity index (χ1) is 16.0. The molecule has 1 atom stereocenters. The molecule has 0 aromatic heterocycles. The smallest absolute Gasteiger partial charge is 0.347 e. The van der Waals surface area contributed by atoms with Crippen LogP contribution in [0.1, 0.15) is 89.2 Å². The quantitative estimate of drug-likeness (QED) is 0.173. The summed E-state index contributed by atoms with van der Waals surface area (Å²) in [5, 5.41) is 1.28. The molecule has 0 radical (unpaired) electrons. The molecule has 0 aliphatic carbocycles. The zero-order chi connectivity index (χ0) is 23.9. The van der Waals surface area contributed by atoms with E-state index in [0.717, 1.165) is 24.0 Å². The molecule has 0 aliphatic rings. The van der Waals surface area contributed by atoms with Crippen molar-refractivity contribution in [3.8, 4) is 5.75 Å². The van der Waals surface area contributed by atoms with E-state index in [2.05, 4.69) is 6.92 Å². The lowest BCUT2D eigenvalue weighted by Crippen LogP contribution is -2.26. The molecule has 182 valence electrons. The highest BCUT2D eigenvalue weighted by Crippen LogP contribution is 2.24. The average Bonchev–Trinajstić information content (AvgIpc) is 2.80. The molecule has 0 heterocycles. The van der Waals surface area contributed by atoms with Gasteiger partial charge in [0.2, 0.25) is 0 Å². The minimum absolute atomic E-state index is 0.317. The minimum atomic E-state index is -0.635. The van der Waals surface area contributed by atoms with E-state index < -0.39 is 6.10 Å². The van der Waals surface area contributed by atoms with Crippen LogP contribution in [0.5, 0.6) is 5.75 Å². The van der Waals surface area contributed by atoms with Crippen LogP contribution in [0.2, 0.25) is 10.0 Å². The summed E-state index contributed by atoms with van der Waals surface area (Å²) in [7, 11) is 0. The molecule has 0 unspecified atom stereocenters. The van der Waals surface area contributed by atoms with Crippen LogP contribution in [-0.2, 0) is 16.0 Å². The normalized spacial score (nSPS) is 11.9. The van der Waals surface area contributed by atoms with Crippen molar-refractivity contribution in [2.45, 2.75) is 90.6 Å². The molecule has 0 saturated carbocycles. The maximum absolute atomic E-state index is 12.2. The van der Waals surface area contributed by atoms with E-state index >= 15 is 0 Å². The lowest BCUT2D eigenvalue weighted by molar-refractivity contribution is -0.151. The lowest BCUT2D eigenvalue weighted by Gasteiger charge is -2.14. The summed E-state index contributed by atoms with van der Waals surface area (Å²) < 4.78 is 11.1. The number of hydrogen-bond donors (Lipinski definition) is 0. The van der Waals surface area contributed by atoms with Crippen molar-refractivity contribution in [1.82, 2.24) is 0 Å². The van der Waals surface area contributed by atoms with Crippen molar-refractivity contribution in [3.05, 3.63) is 63.6 Å². The van der Waals surface area contributed by atoms with E-state index in [0.29, 0.717) is 28.8 Å². The zero-order valence-corrected chi connectivity index (χ0v) is 21.6. The Balaban J connectivity index is 1.60. The summed E-state index contributed by atoms with van der Waals surface area (Å²) in [4.78, 5) is 12.2. The fraction of sp³-hybridized carbons (Fsp3) is 0.536. The molecular weight excluding hydrogens is 455 g/mol. The monoisotopic (exact) mass is 492 g/mol. The second-order valence-corrected chi connectivity index (χ2v) is 9.51. The molecule has 0 saturated heterocycles. The van der Waals surface area contributed by atoms with Crippen molar-refractivity contribution >= 4 is 29.2 Å². The lowest BCUT2D eigenvalue weighted by atomic mass is 10.0. The van der Waals surface area contributed by atoms with Gasteiger partial charge >= 0.3 is 5.97 Å². The summed E-state index contributed by atoms with van der Waals surface area (Å²) in [5.41, 5.74) is 2.11. The number of unbranched alkanes of at least 4 members (excludes halogenated alkanes) is 9. The van der Waals surface area contributed by atoms with Crippen molar-refractivity contribution < 1.29 is 14.3 Å². The van der Waals surface area contributed by atoms with E-state index in [4.69, 9.17) is 32.7 Å². The third kappa shape index (κ3) is 11.3. The highest BCUT2D eigenvalue weighted by Gasteiger charge is 2.16. The number of rotatable bonds is 16. The van der Waals surface area contributed by atoms with Gasteiger partial charge in [-0.2, -0.15) is 0 Å². The Hall–Kier alpha value is -1.71. The summed E-state index contributed by atoms with van der Waals surface area (Å²) in [6.45, 7) is 4.43. The average molecular weight is 494 g/mol. The van der Waals surface area contributed by atoms with E-state index in [9.17, 15) is 4.79 Å². The van der Waals surface area contributed by atoms with Crippen LogP contribution in [0.25, 0.3) is 0 Å². The first kappa shape index (κ1) is 27.5. The number of ether oxygens (including phenoxy) is 2. The summed E-state index contributed by atoms with van der Waals surface area (Å²) in [5.74, 6) is 0.326. The molecule has 2 aromatic carbocycles. The van der Waals surface area contributed by atoms with Gasteiger partial charge in [-0.15, -0.1) is 0 Å². The second kappa shape index (κ2) is 16.0. The molecule has 0 bridgehead atoms. The number of carbonyl (C=O) groups excluding carboxylic acids is 1. The fourth-order valence-corrected chi connectivity index (χ4v) is 4.18. The first-order valence-corrected chi connectivity index (χ1v) is 13.1. The van der Waals surface area contributed by atoms with Gasteiger partial charge in [0, 0.05) is 10.0 Å². The van der Waals surface area contributed by atoms with Gasteiger partial charge in [0.1, 0.15) is 5.75 Å². The van der Waals surface area contributed by atoms with E-state index in [1.54, 1.807) is 13.0 Å². The van der Waals surface area contributed by atoms with E-state index in [1.165, 1.54) is 51.4 Å². The molecule has 0 N–H and O–H groups in total. The van der Waals surface area contributed by atoms with Crippen LogP contribution in [0, 0.1) is 0 Å². The van der Waals surface area contributed by atoms with Crippen LogP contribution in [0.15, 0.2) is 42.5 Å². The van der Waals surface area contributed by atoms with E-state index in [-0.39, 0.29) is 5.97 Å². The van der Waals surface area contributed by atoms with Gasteiger partial charge in [0.25, 0.3) is 0 Å². The number of carbonyl (C=O) groups is 1. The van der Waals surface area contributed by atoms with Crippen molar-refractivity contribution in [1.29, 1.82) is 0 Å². The molecule has 5 heteroatoms. The maximum Gasteiger partial charge on any atom is 0.347 e. The Morgan fingerprint density at radius 3 is 2.06 bits per heavy atom. The predicted molar refractivity (Wildman–Crippen MR) is 139 cm³/mol. The first-order valence-electron chi connectivity index (χ1n) is 12.4. The number of esters is 1. The third-order valence-corrected chi connectivity index (χ3v) is 6.31. The Morgan fingerprint density at radius 1 is 0.848 bits per heavy atom. The molecule has 0 fully saturated rings. The predicted octanol–water partition coefficient (Wildman–Crippen LogP) is 8.82. The summed E-state index contributed by atoms with van der Waals surface area (Å²) in [6.07, 6.45) is 12.6. The zero-order valence-electron chi connectivity index (χ0n) is 20.1. The number of benzene rings is 2. The molecule has 0 amide bonds. The van der Waals surface area contributed by atoms with Crippen LogP contribution in [-0.4, -0.2) is 18.7 Å². The summed E-state index contributed by atoms with van der Waals surface area (Å²) >= 11 is 12.2. The number of halogens is 2. The van der Waals surface area contributed by atoms with Gasteiger partial charge in [-0.3, -0.25) is 0 Å². The number of hydrogen-bond acceptors (Lipinski definition) is 3. The Kier molecular flexibility index (Phi) is 13.4. The van der Waals surface area contributed by atoms with Crippen LogP contribution < -0.4 is 4.74 Å². The maximum atomic E-state index is 12.2. The molecule has 3 nitrogen and oxygen atoms in total. The third-order valence-electron chi connectivity index (χ3n) is 5.72. The van der Waals surface area contributed by atoms with Gasteiger partial charge in [-0.25, -0.2) is 4.79 Å². The standard InChI is InChI=1S/C28H38Cl2O3/c1-3-4-5-6-7-8-9-10-11-12-19-32-28(31)22(2)33-26-17-13-23(14-18-26)20-24-15-16-25(29)21-27(24)30/h13-18,21-22H,3-12,19-20H2,1-2H3/t22-/m1/s1. The van der Waals surface area contributed by atoms with Crippen LogP contribution >= 0.6 is 23.2 Å². The highest BCUT2D eigenvalue weighted by molar-refractivity contribution is 6.35. The molecule has 0 spiro atoms. The van der Waals surface area contributed by atoms with Crippen molar-refractivity contribution in [2.75, 3.05) is 6.61 Å². The van der Waals surface area contributed by atoms with Crippen LogP contribution in [0.4, 0.5) is 0 Å². The fourth-order valence-electron chi connectivity index (χ4n) is 3.70. The Bertz CT molecular complexity index is 820. The molecule has 0 aliphatic heterocycles. The van der Waals surface area contributed by atoms with Gasteiger partial charge in [-0.1, -0.05) is 106 Å². The van der Waals surface area contributed by atoms with Gasteiger partial charge < -0.3 is 9.47 Å². The minimum Gasteiger partial charge on any atom is -0.479 e. The van der Waals surface area contributed by atoms with Crippen molar-refractivity contribution in [2.24, 2.45) is 0 Å². The van der Waals surface area contributed by atoms with Gasteiger partial charge in [-0.05, 0) is 55.2 Å². The highest BCUT2D eigenvalue weighted by atomic mass is 35.5. The molecule has 33 heavy (non-hydrogen) atoms. The SMILES string of the molecule is CCCCCCCCCCCCOC(=O)[C@@H](C)Oc1ccc(Cc2ccc(Cl)cc2Cl)cc1. The topological polar surface area (TPSA) is 35.5 Å². The largest absolute Gasteiger partial charge is 0.479 e. The van der Waals surface area contributed by atoms with Crippen LogP contribution in [0.3, 0.4) is 0 Å². The molecule has 2 aromatic rings. The van der Waals surface area contributed by atoms with E-state index in [1.807, 2.05) is 36.4 Å². The molecule has 2 rings (SSSR count). The Labute approximate surface area is 209 Å². The van der Waals surface area contributed by atoms with Gasteiger partial charge in [0.05, 0.1) is 6.61 Å². The second-order valence-electron chi connectivity index (χ2n) is 8.67. The summed E-state index contributed by atoms with van der Waals surface area (Å²) in [6, 6.07) is 13.2. The molecular formula is C28H38Cl2O3.